The van der Waals surface area contributed by atoms with Crippen molar-refractivity contribution in [1.29, 1.82) is 0 Å². The van der Waals surface area contributed by atoms with Crippen LogP contribution in [0.2, 0.25) is 0 Å². The molecule has 1 atom stereocenters. The molecule has 120 valence electrons. The Morgan fingerprint density at radius 2 is 2.05 bits per heavy atom. The number of carbonyl (C=O) groups excluding carboxylic acids is 2. The Labute approximate surface area is 136 Å². The summed E-state index contributed by atoms with van der Waals surface area (Å²) in [4.78, 5) is 23.6. The average Bonchev–Trinajstić information content (AvgIpc) is 2.94. The maximum atomic E-state index is 13.0. The van der Waals surface area contributed by atoms with Crippen molar-refractivity contribution in [1.82, 2.24) is 10.6 Å². The predicted octanol–water partition coefficient (Wildman–Crippen LogP) is 3.12. The number of imide groups is 1. The van der Waals surface area contributed by atoms with Crippen molar-refractivity contribution in [3.05, 3.63) is 28.5 Å². The van der Waals surface area contributed by atoms with Crippen LogP contribution in [0.25, 0.3) is 0 Å². The van der Waals surface area contributed by atoms with Crippen molar-refractivity contribution in [2.24, 2.45) is 0 Å². The van der Waals surface area contributed by atoms with Gasteiger partial charge in [-0.25, -0.2) is 9.18 Å². The van der Waals surface area contributed by atoms with E-state index in [2.05, 4.69) is 26.6 Å². The molecule has 0 aliphatic heterocycles. The minimum atomic E-state index is -0.879. The quantitative estimate of drug-likeness (QED) is 0.852. The maximum Gasteiger partial charge on any atom is 0.321 e. The molecule has 0 bridgehead atoms. The molecule has 0 aromatic heterocycles. The van der Waals surface area contributed by atoms with Crippen LogP contribution >= 0.6 is 15.9 Å². The minimum absolute atomic E-state index is 0.135. The first-order valence-corrected chi connectivity index (χ1v) is 7.98. The van der Waals surface area contributed by atoms with E-state index < -0.39 is 23.9 Å². The van der Waals surface area contributed by atoms with Gasteiger partial charge in [-0.2, -0.15) is 0 Å². The topological polar surface area (TPSA) is 67.4 Å². The lowest BCUT2D eigenvalue weighted by molar-refractivity contribution is -0.126. The zero-order valence-electron chi connectivity index (χ0n) is 12.2. The number of hydrogen-bond donors (Lipinski definition) is 2. The van der Waals surface area contributed by atoms with Crippen LogP contribution in [-0.2, 0) is 4.79 Å². The average molecular weight is 373 g/mol. The van der Waals surface area contributed by atoms with E-state index in [-0.39, 0.29) is 6.04 Å². The van der Waals surface area contributed by atoms with Crippen LogP contribution < -0.4 is 15.4 Å². The highest BCUT2D eigenvalue weighted by Gasteiger charge is 2.21. The van der Waals surface area contributed by atoms with Gasteiger partial charge in [-0.15, -0.1) is 0 Å². The van der Waals surface area contributed by atoms with Crippen molar-refractivity contribution >= 4 is 27.9 Å². The number of rotatable bonds is 4. The third kappa shape index (κ3) is 4.69. The Morgan fingerprint density at radius 3 is 2.68 bits per heavy atom. The van der Waals surface area contributed by atoms with Crippen LogP contribution in [0, 0.1) is 5.82 Å². The van der Waals surface area contributed by atoms with Gasteiger partial charge in [-0.1, -0.05) is 12.8 Å². The highest BCUT2D eigenvalue weighted by atomic mass is 79.9. The first-order chi connectivity index (χ1) is 10.5. The summed E-state index contributed by atoms with van der Waals surface area (Å²) in [7, 11) is 0. The third-order valence-corrected chi connectivity index (χ3v) is 4.11. The summed E-state index contributed by atoms with van der Waals surface area (Å²) < 4.78 is 18.8. The molecule has 7 heteroatoms. The van der Waals surface area contributed by atoms with Gasteiger partial charge in [0, 0.05) is 6.04 Å². The van der Waals surface area contributed by atoms with Gasteiger partial charge in [0.2, 0.25) is 0 Å². The molecule has 0 unspecified atom stereocenters. The van der Waals surface area contributed by atoms with E-state index in [9.17, 15) is 14.0 Å². The molecule has 1 aliphatic rings. The summed E-state index contributed by atoms with van der Waals surface area (Å²) in [5, 5.41) is 5.02. The number of nitrogens with one attached hydrogen (secondary N) is 2. The number of benzene rings is 1. The lowest BCUT2D eigenvalue weighted by Crippen LogP contribution is -2.47. The van der Waals surface area contributed by atoms with Crippen LogP contribution in [-0.4, -0.2) is 24.1 Å². The van der Waals surface area contributed by atoms with Crippen molar-refractivity contribution in [3.63, 3.8) is 0 Å². The molecule has 0 heterocycles. The van der Waals surface area contributed by atoms with E-state index in [1.54, 1.807) is 0 Å². The monoisotopic (exact) mass is 372 g/mol. The molecule has 3 amide bonds. The van der Waals surface area contributed by atoms with Gasteiger partial charge in [-0.3, -0.25) is 10.1 Å². The van der Waals surface area contributed by atoms with Crippen LogP contribution in [0.4, 0.5) is 9.18 Å². The normalized spacial score (nSPS) is 16.1. The Morgan fingerprint density at radius 1 is 1.36 bits per heavy atom. The molecule has 0 saturated heterocycles. The molecule has 0 radical (unpaired) electrons. The molecule has 0 spiro atoms. The molecule has 2 rings (SSSR count). The first-order valence-electron chi connectivity index (χ1n) is 7.19. The molecule has 1 aromatic rings. The summed E-state index contributed by atoms with van der Waals surface area (Å²) in [5.41, 5.74) is 0. The summed E-state index contributed by atoms with van der Waals surface area (Å²) >= 11 is 3.16. The summed E-state index contributed by atoms with van der Waals surface area (Å²) in [5.74, 6) is -0.626. The zero-order chi connectivity index (χ0) is 16.1. The van der Waals surface area contributed by atoms with E-state index in [0.717, 1.165) is 25.7 Å². The Bertz CT molecular complexity index is 562. The van der Waals surface area contributed by atoms with Crippen molar-refractivity contribution in [3.8, 4) is 5.75 Å². The summed E-state index contributed by atoms with van der Waals surface area (Å²) in [6.07, 6.45) is 3.19. The molecule has 1 fully saturated rings. The second-order valence-electron chi connectivity index (χ2n) is 5.28. The highest BCUT2D eigenvalue weighted by Crippen LogP contribution is 2.26. The van der Waals surface area contributed by atoms with Gasteiger partial charge in [0.25, 0.3) is 5.91 Å². The van der Waals surface area contributed by atoms with Crippen LogP contribution in [0.15, 0.2) is 22.7 Å². The number of urea groups is 1. The van der Waals surface area contributed by atoms with Gasteiger partial charge in [0.05, 0.1) is 4.47 Å². The third-order valence-electron chi connectivity index (χ3n) is 3.49. The standard InChI is InChI=1S/C15H18BrFN2O3/c1-9(22-13-7-6-10(17)8-12(13)16)14(20)19-15(21)18-11-4-2-3-5-11/h6-9,11H,2-5H2,1H3,(H2,18,19,20,21)/t9-/m1/s1. The molecule has 2 N–H and O–H groups in total. The maximum absolute atomic E-state index is 13.0. The second-order valence-corrected chi connectivity index (χ2v) is 6.13. The minimum Gasteiger partial charge on any atom is -0.480 e. The Balaban J connectivity index is 1.84. The number of hydrogen-bond acceptors (Lipinski definition) is 3. The largest absolute Gasteiger partial charge is 0.480 e. The first kappa shape index (κ1) is 16.7. The molecular weight excluding hydrogens is 355 g/mol. The van der Waals surface area contributed by atoms with E-state index in [0.29, 0.717) is 10.2 Å². The van der Waals surface area contributed by atoms with Gasteiger partial charge in [0.1, 0.15) is 11.6 Å². The molecular formula is C15H18BrFN2O3. The number of amides is 3. The molecule has 1 aromatic carbocycles. The van der Waals surface area contributed by atoms with Gasteiger partial charge >= 0.3 is 6.03 Å². The fraction of sp³-hybridized carbons (Fsp3) is 0.467. The predicted molar refractivity (Wildman–Crippen MR) is 83.1 cm³/mol. The SMILES string of the molecule is C[C@@H](Oc1ccc(F)cc1Br)C(=O)NC(=O)NC1CCCC1. The number of halogens is 2. The zero-order valence-corrected chi connectivity index (χ0v) is 13.8. The Hall–Kier alpha value is -1.63. The molecule has 1 saturated carbocycles. The summed E-state index contributed by atoms with van der Waals surface area (Å²) in [6.45, 7) is 1.52. The van der Waals surface area contributed by atoms with E-state index >= 15 is 0 Å². The van der Waals surface area contributed by atoms with Gasteiger partial charge in [0.15, 0.2) is 6.10 Å². The number of ether oxygens (including phenoxy) is 1. The van der Waals surface area contributed by atoms with Gasteiger partial charge < -0.3 is 10.1 Å². The Kier molecular flexibility index (Phi) is 5.76. The second kappa shape index (κ2) is 7.58. The van der Waals surface area contributed by atoms with Crippen molar-refractivity contribution in [2.75, 3.05) is 0 Å². The van der Waals surface area contributed by atoms with Crippen molar-refractivity contribution in [2.45, 2.75) is 44.8 Å². The lowest BCUT2D eigenvalue weighted by Gasteiger charge is -2.17. The van der Waals surface area contributed by atoms with E-state index in [1.807, 2.05) is 0 Å². The highest BCUT2D eigenvalue weighted by molar-refractivity contribution is 9.10. The van der Waals surface area contributed by atoms with Crippen LogP contribution in [0.1, 0.15) is 32.6 Å². The van der Waals surface area contributed by atoms with Gasteiger partial charge in [-0.05, 0) is 53.9 Å². The van der Waals surface area contributed by atoms with Crippen molar-refractivity contribution < 1.29 is 18.7 Å². The van der Waals surface area contributed by atoms with E-state index in [1.165, 1.54) is 25.1 Å². The van der Waals surface area contributed by atoms with Crippen LogP contribution in [0.3, 0.4) is 0 Å². The molecule has 1 aliphatic carbocycles. The summed E-state index contributed by atoms with van der Waals surface area (Å²) in [6, 6.07) is 3.52. The van der Waals surface area contributed by atoms with E-state index in [4.69, 9.17) is 4.74 Å². The fourth-order valence-corrected chi connectivity index (χ4v) is 2.76. The molecule has 5 nitrogen and oxygen atoms in total. The molecule has 22 heavy (non-hydrogen) atoms. The lowest BCUT2D eigenvalue weighted by atomic mass is 10.2. The number of carbonyl (C=O) groups is 2. The van der Waals surface area contributed by atoms with Crippen LogP contribution in [0.5, 0.6) is 5.75 Å². The smallest absolute Gasteiger partial charge is 0.321 e. The fourth-order valence-electron chi connectivity index (χ4n) is 2.32.